The molecule has 0 spiro atoms. The van der Waals surface area contributed by atoms with Crippen molar-refractivity contribution < 1.29 is 43.3 Å². The smallest absolute Gasteiger partial charge is 0.303 e. The van der Waals surface area contributed by atoms with Gasteiger partial charge in [0.15, 0.2) is 18.3 Å². The van der Waals surface area contributed by atoms with Gasteiger partial charge in [-0.05, 0) is 0 Å². The number of carbonyl (C=O) groups excluding carboxylic acids is 4. The number of carbonyl (C=O) groups is 4. The molecule has 0 aromatic rings. The Morgan fingerprint density at radius 1 is 1.04 bits per heavy atom. The van der Waals surface area contributed by atoms with Crippen molar-refractivity contribution in [2.24, 2.45) is 5.16 Å². The monoisotopic (exact) mass is 360 g/mol. The molecule has 2 N–H and O–H groups in total. The summed E-state index contributed by atoms with van der Waals surface area (Å²) in [6, 6.07) is -1.20. The van der Waals surface area contributed by atoms with Crippen molar-refractivity contribution in [3.63, 3.8) is 0 Å². The molecule has 0 aliphatic carbocycles. The number of nitrogens with one attached hydrogen (secondary N) is 1. The Labute approximate surface area is 143 Å². The van der Waals surface area contributed by atoms with E-state index in [4.69, 9.17) is 24.2 Å². The van der Waals surface area contributed by atoms with E-state index >= 15 is 0 Å². The van der Waals surface area contributed by atoms with Crippen LogP contribution in [-0.2, 0) is 38.1 Å². The van der Waals surface area contributed by atoms with Crippen molar-refractivity contribution >= 4 is 29.7 Å². The quantitative estimate of drug-likeness (QED) is 0.275. The SMILES string of the molecule is CC(=O)N[C@H]1/C(=N\O)O[C@H](COC(C)=O)[C@@H](OC(C)=O)[C@@H]1OC(C)=O. The van der Waals surface area contributed by atoms with Crippen LogP contribution >= 0.6 is 0 Å². The zero-order valence-electron chi connectivity index (χ0n) is 14.2. The average molecular weight is 360 g/mol. The standard InChI is InChI=1S/C14H20N2O9/c1-6(17)15-11-13(24-9(4)20)12(23-8(3)19)10(5-22-7(2)18)25-14(11)16-21/h10-13,21H,5H2,1-4H3,(H,15,17)/b16-14+/t10-,11-,12-,13-/m1/s1. The van der Waals surface area contributed by atoms with E-state index in [1.807, 2.05) is 0 Å². The summed E-state index contributed by atoms with van der Waals surface area (Å²) in [6.07, 6.45) is -3.60. The number of esters is 3. The topological polar surface area (TPSA) is 150 Å². The number of rotatable bonds is 5. The summed E-state index contributed by atoms with van der Waals surface area (Å²) >= 11 is 0. The first kappa shape index (κ1) is 20.2. The maximum absolute atomic E-state index is 11.4. The molecule has 1 rings (SSSR count). The van der Waals surface area contributed by atoms with Crippen molar-refractivity contribution in [2.45, 2.75) is 52.0 Å². The molecule has 11 heteroatoms. The molecule has 11 nitrogen and oxygen atoms in total. The third kappa shape index (κ3) is 5.94. The van der Waals surface area contributed by atoms with Crippen LogP contribution in [0.25, 0.3) is 0 Å². The second-order valence-corrected chi connectivity index (χ2v) is 5.22. The van der Waals surface area contributed by atoms with Crippen LogP contribution in [0.15, 0.2) is 5.16 Å². The molecule has 25 heavy (non-hydrogen) atoms. The minimum absolute atomic E-state index is 0.364. The Kier molecular flexibility index (Phi) is 7.15. The molecule has 1 heterocycles. The fourth-order valence-corrected chi connectivity index (χ4v) is 2.28. The van der Waals surface area contributed by atoms with Crippen molar-refractivity contribution in [1.29, 1.82) is 0 Å². The lowest BCUT2D eigenvalue weighted by Gasteiger charge is -2.41. The molecule has 0 aromatic heterocycles. The van der Waals surface area contributed by atoms with Crippen LogP contribution in [0.1, 0.15) is 27.7 Å². The third-order valence-electron chi connectivity index (χ3n) is 3.07. The van der Waals surface area contributed by atoms with Gasteiger partial charge < -0.3 is 29.5 Å². The van der Waals surface area contributed by atoms with E-state index in [9.17, 15) is 19.2 Å². The van der Waals surface area contributed by atoms with Gasteiger partial charge in [-0.1, -0.05) is 5.16 Å². The van der Waals surface area contributed by atoms with Gasteiger partial charge in [0.25, 0.3) is 5.90 Å². The summed E-state index contributed by atoms with van der Waals surface area (Å²) in [7, 11) is 0. The van der Waals surface area contributed by atoms with E-state index in [1.165, 1.54) is 6.92 Å². The van der Waals surface area contributed by atoms with Gasteiger partial charge in [0.2, 0.25) is 5.91 Å². The Bertz CT molecular complexity index is 575. The van der Waals surface area contributed by atoms with Crippen LogP contribution in [0.3, 0.4) is 0 Å². The number of hydrogen-bond donors (Lipinski definition) is 2. The fourth-order valence-electron chi connectivity index (χ4n) is 2.28. The van der Waals surface area contributed by atoms with Crippen LogP contribution in [-0.4, -0.2) is 65.9 Å². The van der Waals surface area contributed by atoms with Gasteiger partial charge in [0.05, 0.1) is 0 Å². The molecule has 1 aliphatic heterocycles. The zero-order valence-corrected chi connectivity index (χ0v) is 14.2. The molecule has 0 aromatic carbocycles. The van der Waals surface area contributed by atoms with Crippen molar-refractivity contribution in [3.8, 4) is 0 Å². The van der Waals surface area contributed by atoms with E-state index in [-0.39, 0.29) is 12.5 Å². The summed E-state index contributed by atoms with van der Waals surface area (Å²) in [6.45, 7) is 4.22. The minimum Gasteiger partial charge on any atom is -0.466 e. The summed E-state index contributed by atoms with van der Waals surface area (Å²) in [5.74, 6) is -3.00. The van der Waals surface area contributed by atoms with Crippen LogP contribution in [0.4, 0.5) is 0 Å². The van der Waals surface area contributed by atoms with Crippen LogP contribution < -0.4 is 5.32 Å². The van der Waals surface area contributed by atoms with Gasteiger partial charge in [-0.3, -0.25) is 19.2 Å². The van der Waals surface area contributed by atoms with Gasteiger partial charge in [-0.25, -0.2) is 0 Å². The van der Waals surface area contributed by atoms with Crippen LogP contribution in [0.5, 0.6) is 0 Å². The maximum atomic E-state index is 11.4. The van der Waals surface area contributed by atoms with Crippen molar-refractivity contribution in [3.05, 3.63) is 0 Å². The highest BCUT2D eigenvalue weighted by Gasteiger charge is 2.50. The normalized spacial score (nSPS) is 27.0. The van der Waals surface area contributed by atoms with Crippen LogP contribution in [0, 0.1) is 0 Å². The molecule has 1 fully saturated rings. The minimum atomic E-state index is -1.26. The van der Waals surface area contributed by atoms with Crippen molar-refractivity contribution in [1.82, 2.24) is 5.32 Å². The number of ether oxygens (including phenoxy) is 4. The fraction of sp³-hybridized carbons (Fsp3) is 0.643. The van der Waals surface area contributed by atoms with Crippen LogP contribution in [0.2, 0.25) is 0 Å². The summed E-state index contributed by atoms with van der Waals surface area (Å²) in [5, 5.41) is 14.5. The van der Waals surface area contributed by atoms with Gasteiger partial charge in [0, 0.05) is 27.7 Å². The predicted molar refractivity (Wildman–Crippen MR) is 79.4 cm³/mol. The first-order chi connectivity index (χ1) is 11.6. The highest BCUT2D eigenvalue weighted by atomic mass is 16.6. The Morgan fingerprint density at radius 2 is 1.60 bits per heavy atom. The number of hydrogen-bond acceptors (Lipinski definition) is 10. The Morgan fingerprint density at radius 3 is 2.04 bits per heavy atom. The largest absolute Gasteiger partial charge is 0.466 e. The van der Waals surface area contributed by atoms with Gasteiger partial charge >= 0.3 is 17.9 Å². The molecule has 1 aliphatic rings. The van der Waals surface area contributed by atoms with E-state index in [0.717, 1.165) is 20.8 Å². The lowest BCUT2D eigenvalue weighted by molar-refractivity contribution is -0.186. The lowest BCUT2D eigenvalue weighted by atomic mass is 9.96. The van der Waals surface area contributed by atoms with E-state index < -0.39 is 48.2 Å². The highest BCUT2D eigenvalue weighted by molar-refractivity contribution is 5.88. The molecule has 1 saturated heterocycles. The molecule has 140 valence electrons. The second kappa shape index (κ2) is 8.85. The molecular weight excluding hydrogens is 340 g/mol. The van der Waals surface area contributed by atoms with E-state index in [2.05, 4.69) is 10.5 Å². The second-order valence-electron chi connectivity index (χ2n) is 5.22. The highest BCUT2D eigenvalue weighted by Crippen LogP contribution is 2.24. The molecule has 0 radical (unpaired) electrons. The van der Waals surface area contributed by atoms with E-state index in [1.54, 1.807) is 0 Å². The Hall–Kier alpha value is -2.85. The molecule has 0 saturated carbocycles. The number of amides is 1. The molecule has 4 atom stereocenters. The Balaban J connectivity index is 3.23. The average Bonchev–Trinajstić information content (AvgIpc) is 2.48. The number of nitrogens with zero attached hydrogens (tertiary/aromatic N) is 1. The molecular formula is C14H20N2O9. The number of oxime groups is 1. The lowest BCUT2D eigenvalue weighted by Crippen LogP contribution is -2.64. The molecule has 1 amide bonds. The first-order valence-electron chi connectivity index (χ1n) is 7.29. The zero-order chi connectivity index (χ0) is 19.1. The summed E-state index contributed by atoms with van der Waals surface area (Å²) < 4.78 is 20.5. The van der Waals surface area contributed by atoms with Gasteiger partial charge in [-0.15, -0.1) is 0 Å². The third-order valence-corrected chi connectivity index (χ3v) is 3.07. The maximum Gasteiger partial charge on any atom is 0.303 e. The molecule has 0 bridgehead atoms. The predicted octanol–water partition coefficient (Wildman–Crippen LogP) is -0.896. The summed E-state index contributed by atoms with van der Waals surface area (Å²) in [4.78, 5) is 45.3. The van der Waals surface area contributed by atoms with Gasteiger partial charge in [-0.2, -0.15) is 0 Å². The van der Waals surface area contributed by atoms with E-state index in [0.29, 0.717) is 0 Å². The first-order valence-corrected chi connectivity index (χ1v) is 7.29. The molecule has 0 unspecified atom stereocenters. The summed E-state index contributed by atoms with van der Waals surface area (Å²) in [5.41, 5.74) is 0. The van der Waals surface area contributed by atoms with Crippen molar-refractivity contribution in [2.75, 3.05) is 6.61 Å². The van der Waals surface area contributed by atoms with Gasteiger partial charge in [0.1, 0.15) is 12.6 Å².